The van der Waals surface area contributed by atoms with E-state index in [0.717, 1.165) is 17.2 Å². The van der Waals surface area contributed by atoms with Crippen LogP contribution in [0, 0.1) is 0 Å². The van der Waals surface area contributed by atoms with Crippen molar-refractivity contribution >= 4 is 29.2 Å². The van der Waals surface area contributed by atoms with Crippen molar-refractivity contribution in [1.82, 2.24) is 9.80 Å². The summed E-state index contributed by atoms with van der Waals surface area (Å²) in [7, 11) is 1.78. The molecule has 0 atom stereocenters. The Labute approximate surface area is 141 Å². The number of nitrogens with zero attached hydrogens (tertiary/aromatic N) is 4. The number of carbonyl (C=O) groups is 2. The van der Waals surface area contributed by atoms with Gasteiger partial charge in [0.15, 0.2) is 0 Å². The number of amides is 2. The summed E-state index contributed by atoms with van der Waals surface area (Å²) in [5.41, 5.74) is 1.62. The van der Waals surface area contributed by atoms with Crippen LogP contribution in [0.15, 0.2) is 29.3 Å². The summed E-state index contributed by atoms with van der Waals surface area (Å²) in [5, 5.41) is 0. The van der Waals surface area contributed by atoms with E-state index in [1.165, 1.54) is 0 Å². The maximum absolute atomic E-state index is 12.4. The molecule has 3 rings (SSSR count). The van der Waals surface area contributed by atoms with Gasteiger partial charge in [-0.1, -0.05) is 12.1 Å². The second kappa shape index (κ2) is 6.90. The highest BCUT2D eigenvalue weighted by atomic mass is 16.6. The Morgan fingerprint density at radius 3 is 2.62 bits per heavy atom. The Morgan fingerprint density at radius 2 is 1.92 bits per heavy atom. The molecule has 1 aromatic rings. The summed E-state index contributed by atoms with van der Waals surface area (Å²) >= 11 is 0. The Kier molecular flexibility index (Phi) is 4.69. The summed E-state index contributed by atoms with van der Waals surface area (Å²) in [5.74, 6) is 0.784. The molecular formula is C17H22N4O3. The lowest BCUT2D eigenvalue weighted by Crippen LogP contribution is -2.51. The first-order valence-electron chi connectivity index (χ1n) is 8.20. The Hall–Kier alpha value is -2.57. The predicted octanol–water partition coefficient (Wildman–Crippen LogP) is 1.86. The molecule has 2 aliphatic rings. The van der Waals surface area contributed by atoms with Crippen LogP contribution >= 0.6 is 0 Å². The van der Waals surface area contributed by atoms with Gasteiger partial charge in [-0.3, -0.25) is 4.79 Å². The number of para-hydroxylation sites is 2. The largest absolute Gasteiger partial charge is 0.450 e. The van der Waals surface area contributed by atoms with E-state index >= 15 is 0 Å². The molecule has 2 amide bonds. The molecule has 1 fully saturated rings. The molecule has 7 nitrogen and oxygen atoms in total. The van der Waals surface area contributed by atoms with E-state index in [2.05, 4.69) is 4.90 Å². The normalized spacial score (nSPS) is 18.0. The van der Waals surface area contributed by atoms with Gasteiger partial charge in [-0.05, 0) is 19.1 Å². The van der Waals surface area contributed by atoms with Crippen LogP contribution < -0.4 is 4.90 Å². The van der Waals surface area contributed by atoms with Crippen molar-refractivity contribution < 1.29 is 14.3 Å². The molecule has 2 heterocycles. The number of rotatable bonds is 1. The molecule has 0 aliphatic carbocycles. The fourth-order valence-electron chi connectivity index (χ4n) is 2.95. The molecule has 0 unspecified atom stereocenters. The molecular weight excluding hydrogens is 308 g/mol. The SMILES string of the molecule is CCOC(=O)N1CCN(C2=Nc3ccccc3N(C)C(=O)C2)CC1. The van der Waals surface area contributed by atoms with E-state index in [-0.39, 0.29) is 18.4 Å². The van der Waals surface area contributed by atoms with Crippen LogP contribution in [0.2, 0.25) is 0 Å². The minimum absolute atomic E-state index is 0.0199. The number of ether oxygens (including phenoxy) is 1. The molecule has 0 spiro atoms. The zero-order chi connectivity index (χ0) is 17.1. The second-order valence-electron chi connectivity index (χ2n) is 5.82. The number of hydrogen-bond donors (Lipinski definition) is 0. The Balaban J connectivity index is 1.75. The second-order valence-corrected chi connectivity index (χ2v) is 5.82. The van der Waals surface area contributed by atoms with Crippen molar-refractivity contribution in [1.29, 1.82) is 0 Å². The molecule has 128 valence electrons. The van der Waals surface area contributed by atoms with Crippen molar-refractivity contribution in [3.8, 4) is 0 Å². The lowest BCUT2D eigenvalue weighted by molar-refractivity contribution is -0.117. The van der Waals surface area contributed by atoms with Crippen LogP contribution in [0.3, 0.4) is 0 Å². The number of benzene rings is 1. The Morgan fingerprint density at radius 1 is 1.21 bits per heavy atom. The minimum Gasteiger partial charge on any atom is -0.450 e. The van der Waals surface area contributed by atoms with Gasteiger partial charge in [0.25, 0.3) is 0 Å². The summed E-state index contributed by atoms with van der Waals surface area (Å²) in [6.07, 6.45) is -0.00831. The van der Waals surface area contributed by atoms with Crippen molar-refractivity contribution in [3.05, 3.63) is 24.3 Å². The van der Waals surface area contributed by atoms with Crippen LogP contribution in [0.25, 0.3) is 0 Å². The van der Waals surface area contributed by atoms with Gasteiger partial charge in [0.05, 0.1) is 24.4 Å². The summed E-state index contributed by atoms with van der Waals surface area (Å²) in [6.45, 7) is 4.62. The van der Waals surface area contributed by atoms with E-state index in [1.54, 1.807) is 23.8 Å². The summed E-state index contributed by atoms with van der Waals surface area (Å²) in [6, 6.07) is 7.64. The molecule has 0 saturated carbocycles. The van der Waals surface area contributed by atoms with Gasteiger partial charge < -0.3 is 19.4 Å². The Bertz CT molecular complexity index is 666. The van der Waals surface area contributed by atoms with Gasteiger partial charge in [-0.15, -0.1) is 0 Å². The molecule has 0 N–H and O–H groups in total. The molecule has 1 saturated heterocycles. The fraction of sp³-hybridized carbons (Fsp3) is 0.471. The maximum atomic E-state index is 12.4. The van der Waals surface area contributed by atoms with E-state index in [4.69, 9.17) is 9.73 Å². The van der Waals surface area contributed by atoms with Crippen LogP contribution in [0.5, 0.6) is 0 Å². The lowest BCUT2D eigenvalue weighted by Gasteiger charge is -2.35. The zero-order valence-electron chi connectivity index (χ0n) is 14.1. The first-order chi connectivity index (χ1) is 11.6. The quantitative estimate of drug-likeness (QED) is 0.788. The van der Waals surface area contributed by atoms with Gasteiger partial charge in [-0.25, -0.2) is 9.79 Å². The number of amidine groups is 1. The van der Waals surface area contributed by atoms with Gasteiger partial charge in [0, 0.05) is 33.2 Å². The van der Waals surface area contributed by atoms with Gasteiger partial charge >= 0.3 is 6.09 Å². The number of anilines is 1. The fourth-order valence-corrected chi connectivity index (χ4v) is 2.95. The third kappa shape index (κ3) is 3.20. The lowest BCUT2D eigenvalue weighted by atomic mass is 10.2. The third-order valence-corrected chi connectivity index (χ3v) is 4.35. The highest BCUT2D eigenvalue weighted by Gasteiger charge is 2.28. The highest BCUT2D eigenvalue weighted by Crippen LogP contribution is 2.31. The monoisotopic (exact) mass is 330 g/mol. The van der Waals surface area contributed by atoms with Crippen LogP contribution in [-0.2, 0) is 9.53 Å². The van der Waals surface area contributed by atoms with Crippen molar-refractivity contribution in [2.75, 3.05) is 44.7 Å². The molecule has 1 aromatic carbocycles. The van der Waals surface area contributed by atoms with Crippen molar-refractivity contribution in [3.63, 3.8) is 0 Å². The topological polar surface area (TPSA) is 65.5 Å². The third-order valence-electron chi connectivity index (χ3n) is 4.35. The first-order valence-corrected chi connectivity index (χ1v) is 8.20. The highest BCUT2D eigenvalue weighted by molar-refractivity contribution is 6.10. The van der Waals surface area contributed by atoms with Gasteiger partial charge in [0.1, 0.15) is 5.84 Å². The van der Waals surface area contributed by atoms with E-state index in [0.29, 0.717) is 32.8 Å². The standard InChI is InChI=1S/C17H22N4O3/c1-3-24-17(23)21-10-8-20(9-11-21)15-12-16(22)19(2)14-7-5-4-6-13(14)18-15/h4-7H,3,8-12H2,1-2H3. The number of piperazine rings is 1. The number of fused-ring (bicyclic) bond motifs is 1. The van der Waals surface area contributed by atoms with E-state index in [9.17, 15) is 9.59 Å². The first kappa shape index (κ1) is 16.3. The van der Waals surface area contributed by atoms with E-state index < -0.39 is 0 Å². The molecule has 2 aliphatic heterocycles. The van der Waals surface area contributed by atoms with Crippen LogP contribution in [0.1, 0.15) is 13.3 Å². The molecule has 24 heavy (non-hydrogen) atoms. The summed E-state index contributed by atoms with van der Waals surface area (Å²) < 4.78 is 5.04. The molecule has 0 radical (unpaired) electrons. The van der Waals surface area contributed by atoms with Gasteiger partial charge in [0.2, 0.25) is 5.91 Å². The smallest absolute Gasteiger partial charge is 0.409 e. The average molecular weight is 330 g/mol. The minimum atomic E-state index is -0.277. The van der Waals surface area contributed by atoms with Crippen molar-refractivity contribution in [2.45, 2.75) is 13.3 Å². The van der Waals surface area contributed by atoms with E-state index in [1.807, 2.05) is 24.3 Å². The molecule has 7 heteroatoms. The summed E-state index contributed by atoms with van der Waals surface area (Å²) in [4.78, 5) is 34.4. The predicted molar refractivity (Wildman–Crippen MR) is 91.7 cm³/mol. The number of hydrogen-bond acceptors (Lipinski definition) is 5. The number of aliphatic imine (C=N–C) groups is 1. The van der Waals surface area contributed by atoms with Crippen LogP contribution in [-0.4, -0.2) is 67.5 Å². The van der Waals surface area contributed by atoms with Gasteiger partial charge in [-0.2, -0.15) is 0 Å². The average Bonchev–Trinajstić information content (AvgIpc) is 2.73. The maximum Gasteiger partial charge on any atom is 0.409 e. The molecule has 0 bridgehead atoms. The zero-order valence-corrected chi connectivity index (χ0v) is 14.1. The van der Waals surface area contributed by atoms with Crippen molar-refractivity contribution in [2.24, 2.45) is 4.99 Å². The number of carbonyl (C=O) groups excluding carboxylic acids is 2. The molecule has 0 aromatic heterocycles. The van der Waals surface area contributed by atoms with Crippen LogP contribution in [0.4, 0.5) is 16.2 Å².